The van der Waals surface area contributed by atoms with Gasteiger partial charge in [-0.05, 0) is 32.3 Å². The Morgan fingerprint density at radius 1 is 0.700 bits per heavy atom. The molecule has 0 fully saturated rings. The van der Waals surface area contributed by atoms with Crippen molar-refractivity contribution < 1.29 is 0 Å². The van der Waals surface area contributed by atoms with Gasteiger partial charge in [-0.3, -0.25) is 5.01 Å². The fourth-order valence-electron chi connectivity index (χ4n) is 4.40. The molecule has 2 N–H and O–H groups in total. The largest absolute Gasteiger partial charge is 0.285 e. The van der Waals surface area contributed by atoms with Crippen molar-refractivity contribution in [3.8, 4) is 0 Å². The minimum atomic E-state index is 0.991. The molecule has 0 spiro atoms. The van der Waals surface area contributed by atoms with Crippen molar-refractivity contribution >= 4 is 5.70 Å². The quantitative estimate of drug-likeness (QED) is 0.247. The van der Waals surface area contributed by atoms with Crippen molar-refractivity contribution in [2.45, 2.75) is 105 Å². The molecule has 1 heterocycles. The third-order valence-electron chi connectivity index (χ3n) is 6.31. The van der Waals surface area contributed by atoms with Crippen molar-refractivity contribution in [2.24, 2.45) is 5.84 Å². The summed E-state index contributed by atoms with van der Waals surface area (Å²) in [6, 6.07) is 8.71. The minimum Gasteiger partial charge on any atom is -0.285 e. The van der Waals surface area contributed by atoms with Crippen LogP contribution in [0.4, 0.5) is 0 Å². The molecule has 0 bridgehead atoms. The molecule has 0 amide bonds. The standard InChI is InChI=1S/C26H46N4/c1-5-7-9-11-13-17-21-28-26(25-20-16-15-19-23(25)3)24(4)30(27)29(28)22-18-14-12-10-8-6-2/h15-16,19-20H,5-14,17-18,21-22,27H2,1-4H3. The Bertz CT molecular complexity index is 640. The van der Waals surface area contributed by atoms with Crippen LogP contribution in [0.1, 0.15) is 109 Å². The second-order valence-electron chi connectivity index (χ2n) is 8.85. The highest BCUT2D eigenvalue weighted by Crippen LogP contribution is 2.35. The molecule has 0 aliphatic carbocycles. The van der Waals surface area contributed by atoms with Crippen LogP contribution < -0.4 is 5.84 Å². The molecule has 1 aromatic carbocycles. The molecule has 1 aromatic rings. The second-order valence-corrected chi connectivity index (χ2v) is 8.85. The van der Waals surface area contributed by atoms with Crippen molar-refractivity contribution in [3.05, 3.63) is 41.1 Å². The highest BCUT2D eigenvalue weighted by atomic mass is 16.0. The molecule has 0 atom stereocenters. The second kappa shape index (κ2) is 13.7. The van der Waals surface area contributed by atoms with Gasteiger partial charge in [0, 0.05) is 18.7 Å². The van der Waals surface area contributed by atoms with E-state index < -0.39 is 0 Å². The van der Waals surface area contributed by atoms with E-state index in [9.17, 15) is 0 Å². The Kier molecular flexibility index (Phi) is 11.3. The summed E-state index contributed by atoms with van der Waals surface area (Å²) < 4.78 is 0. The number of rotatable bonds is 15. The third-order valence-corrected chi connectivity index (χ3v) is 6.31. The monoisotopic (exact) mass is 414 g/mol. The molecule has 0 unspecified atom stereocenters. The van der Waals surface area contributed by atoms with Crippen molar-refractivity contribution in [1.29, 1.82) is 0 Å². The van der Waals surface area contributed by atoms with E-state index in [0.29, 0.717) is 0 Å². The average molecular weight is 415 g/mol. The summed E-state index contributed by atoms with van der Waals surface area (Å²) in [5.41, 5.74) is 5.06. The topological polar surface area (TPSA) is 35.7 Å². The first-order valence-electron chi connectivity index (χ1n) is 12.5. The van der Waals surface area contributed by atoms with E-state index in [1.807, 2.05) is 5.12 Å². The maximum atomic E-state index is 6.58. The van der Waals surface area contributed by atoms with Crippen LogP contribution in [0.5, 0.6) is 0 Å². The number of nitrogens with two attached hydrogens (primary N) is 1. The molecule has 170 valence electrons. The number of hydrogen-bond acceptors (Lipinski definition) is 4. The van der Waals surface area contributed by atoms with Crippen LogP contribution in [0, 0.1) is 6.92 Å². The fraction of sp³-hybridized carbons (Fsp3) is 0.692. The Hall–Kier alpha value is -1.52. The van der Waals surface area contributed by atoms with Gasteiger partial charge in [-0.1, -0.05) is 102 Å². The summed E-state index contributed by atoms with van der Waals surface area (Å²) in [6.07, 6.45) is 15.7. The Morgan fingerprint density at radius 3 is 1.83 bits per heavy atom. The number of allylic oxidation sites excluding steroid dienone is 1. The van der Waals surface area contributed by atoms with Gasteiger partial charge in [-0.2, -0.15) is 0 Å². The van der Waals surface area contributed by atoms with Gasteiger partial charge in [0.2, 0.25) is 0 Å². The summed E-state index contributed by atoms with van der Waals surface area (Å²) in [4.78, 5) is 0. The van der Waals surface area contributed by atoms with E-state index in [1.54, 1.807) is 0 Å². The molecule has 0 saturated heterocycles. The summed E-state index contributed by atoms with van der Waals surface area (Å²) in [5.74, 6) is 6.58. The molecule has 1 aliphatic heterocycles. The zero-order valence-corrected chi connectivity index (χ0v) is 20.1. The first kappa shape index (κ1) is 24.7. The first-order valence-corrected chi connectivity index (χ1v) is 12.5. The van der Waals surface area contributed by atoms with Gasteiger partial charge in [0.25, 0.3) is 0 Å². The van der Waals surface area contributed by atoms with Crippen LogP contribution in [-0.2, 0) is 0 Å². The Labute approximate surface area is 186 Å². The van der Waals surface area contributed by atoms with E-state index in [4.69, 9.17) is 5.84 Å². The summed E-state index contributed by atoms with van der Waals surface area (Å²) in [6.45, 7) is 11.0. The van der Waals surface area contributed by atoms with E-state index in [-0.39, 0.29) is 0 Å². The van der Waals surface area contributed by atoms with E-state index in [2.05, 4.69) is 62.1 Å². The molecule has 0 aromatic heterocycles. The van der Waals surface area contributed by atoms with Gasteiger partial charge in [0.15, 0.2) is 0 Å². The number of aryl methyl sites for hydroxylation is 1. The molecule has 0 radical (unpaired) electrons. The maximum Gasteiger partial charge on any atom is 0.0835 e. The van der Waals surface area contributed by atoms with E-state index in [1.165, 1.54) is 93.9 Å². The van der Waals surface area contributed by atoms with Crippen LogP contribution in [0.15, 0.2) is 30.0 Å². The molecular weight excluding hydrogens is 368 g/mol. The van der Waals surface area contributed by atoms with Gasteiger partial charge in [-0.25, -0.2) is 11.0 Å². The molecular formula is C26H46N4. The minimum absolute atomic E-state index is 0.991. The summed E-state index contributed by atoms with van der Waals surface area (Å²) >= 11 is 0. The maximum absolute atomic E-state index is 6.58. The number of hydrogen-bond donors (Lipinski definition) is 1. The van der Waals surface area contributed by atoms with Gasteiger partial charge in [0.1, 0.15) is 0 Å². The lowest BCUT2D eigenvalue weighted by molar-refractivity contribution is -0.113. The molecule has 2 rings (SSSR count). The Balaban J connectivity index is 2.04. The molecule has 1 aliphatic rings. The summed E-state index contributed by atoms with van der Waals surface area (Å²) in [7, 11) is 0. The number of unbranched alkanes of at least 4 members (excludes halogenated alkanes) is 10. The number of benzene rings is 1. The molecule has 4 nitrogen and oxygen atoms in total. The highest BCUT2D eigenvalue weighted by Gasteiger charge is 2.33. The van der Waals surface area contributed by atoms with Gasteiger partial charge >= 0.3 is 0 Å². The zero-order valence-electron chi connectivity index (χ0n) is 20.1. The van der Waals surface area contributed by atoms with Crippen LogP contribution >= 0.6 is 0 Å². The molecule has 30 heavy (non-hydrogen) atoms. The highest BCUT2D eigenvalue weighted by molar-refractivity contribution is 5.69. The number of hydrazine groups is 3. The molecule has 0 saturated carbocycles. The predicted molar refractivity (Wildman–Crippen MR) is 130 cm³/mol. The predicted octanol–water partition coefficient (Wildman–Crippen LogP) is 7.03. The van der Waals surface area contributed by atoms with Gasteiger partial charge < -0.3 is 0 Å². The van der Waals surface area contributed by atoms with Gasteiger partial charge in [0.05, 0.1) is 11.4 Å². The Morgan fingerprint density at radius 2 is 1.23 bits per heavy atom. The lowest BCUT2D eigenvalue weighted by Crippen LogP contribution is -2.49. The summed E-state index contributed by atoms with van der Waals surface area (Å²) in [5, 5.41) is 6.65. The lowest BCUT2D eigenvalue weighted by Gasteiger charge is -2.35. The SMILES string of the molecule is CCCCCCCCN1C(c2ccccc2C)=C(C)N(N)N1CCCCCCCC. The van der Waals surface area contributed by atoms with Gasteiger partial charge in [-0.15, -0.1) is 5.12 Å². The van der Waals surface area contributed by atoms with Crippen LogP contribution in [-0.4, -0.2) is 28.3 Å². The van der Waals surface area contributed by atoms with Crippen LogP contribution in [0.3, 0.4) is 0 Å². The van der Waals surface area contributed by atoms with E-state index in [0.717, 1.165) is 18.8 Å². The van der Waals surface area contributed by atoms with Crippen molar-refractivity contribution in [3.63, 3.8) is 0 Å². The normalized spacial score (nSPS) is 15.0. The van der Waals surface area contributed by atoms with E-state index >= 15 is 0 Å². The fourth-order valence-corrected chi connectivity index (χ4v) is 4.40. The smallest absolute Gasteiger partial charge is 0.0835 e. The lowest BCUT2D eigenvalue weighted by atomic mass is 10.0. The number of nitrogens with zero attached hydrogens (tertiary/aromatic N) is 3. The molecule has 4 heteroatoms. The third kappa shape index (κ3) is 7.02. The zero-order chi connectivity index (χ0) is 21.8. The van der Waals surface area contributed by atoms with Crippen molar-refractivity contribution in [2.75, 3.05) is 13.1 Å². The van der Waals surface area contributed by atoms with Crippen LogP contribution in [0.2, 0.25) is 0 Å². The first-order chi connectivity index (χ1) is 14.6. The van der Waals surface area contributed by atoms with Crippen molar-refractivity contribution in [1.82, 2.24) is 15.2 Å². The van der Waals surface area contributed by atoms with Crippen LogP contribution in [0.25, 0.3) is 5.70 Å². The average Bonchev–Trinajstić information content (AvgIpc) is 2.98.